The molecule has 2 atom stereocenters. The number of nitrogens with zero attached hydrogens (tertiary/aromatic N) is 6. The van der Waals surface area contributed by atoms with Gasteiger partial charge in [-0.05, 0) is 38.3 Å². The minimum Gasteiger partial charge on any atom is -0.350 e. The van der Waals surface area contributed by atoms with Gasteiger partial charge in [0.15, 0.2) is 5.82 Å². The maximum Gasteiger partial charge on any atom is 0.433 e. The molecule has 2 aromatic rings. The number of aromatic nitrogens is 3. The molecule has 0 aliphatic carbocycles. The number of aryl methyl sites for hydroxylation is 1. The topological polar surface area (TPSA) is 94.6 Å². The number of pyridine rings is 1. The van der Waals surface area contributed by atoms with Gasteiger partial charge in [0.2, 0.25) is 11.9 Å². The second-order valence-corrected chi connectivity index (χ2v) is 8.86. The molecule has 1 saturated heterocycles. The summed E-state index contributed by atoms with van der Waals surface area (Å²) in [7, 11) is 1.84. The Morgan fingerprint density at radius 3 is 2.71 bits per heavy atom. The highest BCUT2D eigenvalue weighted by atomic mass is 19.4. The van der Waals surface area contributed by atoms with Crippen molar-refractivity contribution in [3.05, 3.63) is 35.3 Å². The Balaban J connectivity index is 1.30. The average Bonchev–Trinajstić information content (AvgIpc) is 3.28. The van der Waals surface area contributed by atoms with E-state index in [9.17, 15) is 22.8 Å². The van der Waals surface area contributed by atoms with Crippen LogP contribution < -0.4 is 15.1 Å². The number of nitrogens with one attached hydrogen (secondary N) is 1. The zero-order valence-electron chi connectivity index (χ0n) is 18.8. The summed E-state index contributed by atoms with van der Waals surface area (Å²) in [6, 6.07) is 1.54. The average molecular weight is 475 g/mol. The van der Waals surface area contributed by atoms with Crippen LogP contribution in [0, 0.1) is 0 Å². The largest absolute Gasteiger partial charge is 0.433 e. The van der Waals surface area contributed by atoms with Crippen LogP contribution in [0.1, 0.15) is 41.5 Å². The number of halogens is 3. The highest BCUT2D eigenvalue weighted by Gasteiger charge is 2.39. The molecule has 0 radical (unpaired) electrons. The maximum absolute atomic E-state index is 12.8. The molecule has 0 saturated carbocycles. The lowest BCUT2D eigenvalue weighted by Gasteiger charge is -2.41. The van der Waals surface area contributed by atoms with Crippen LogP contribution in [0.3, 0.4) is 0 Å². The number of anilines is 3. The number of carbonyl (C=O) groups is 2. The van der Waals surface area contributed by atoms with Gasteiger partial charge in [-0.25, -0.2) is 4.98 Å². The maximum atomic E-state index is 12.8. The quantitative estimate of drug-likeness (QED) is 0.728. The monoisotopic (exact) mass is 475 g/mol. The molecule has 34 heavy (non-hydrogen) atoms. The Hall–Kier alpha value is -3.44. The normalized spacial score (nSPS) is 22.1. The van der Waals surface area contributed by atoms with Gasteiger partial charge in [-0.2, -0.15) is 18.2 Å². The van der Waals surface area contributed by atoms with E-state index < -0.39 is 11.9 Å². The number of hydrogen-bond acceptors (Lipinski definition) is 7. The van der Waals surface area contributed by atoms with E-state index in [0.717, 1.165) is 42.6 Å². The number of likely N-dealkylation sites (N-methyl/N-ethyl adjacent to an activating group) is 1. The van der Waals surface area contributed by atoms with Crippen molar-refractivity contribution in [1.29, 1.82) is 0 Å². The summed E-state index contributed by atoms with van der Waals surface area (Å²) < 4.78 is 38.2. The first-order chi connectivity index (χ1) is 16.1. The Morgan fingerprint density at radius 2 is 2.00 bits per heavy atom. The van der Waals surface area contributed by atoms with E-state index in [1.54, 1.807) is 9.80 Å². The minimum absolute atomic E-state index is 0.0444. The zero-order chi connectivity index (χ0) is 24.2. The van der Waals surface area contributed by atoms with Gasteiger partial charge < -0.3 is 20.0 Å². The lowest BCUT2D eigenvalue weighted by molar-refractivity contribution is -0.141. The first-order valence-electron chi connectivity index (χ1n) is 11.2. The van der Waals surface area contributed by atoms with E-state index in [0.29, 0.717) is 37.8 Å². The Morgan fingerprint density at radius 1 is 1.21 bits per heavy atom. The molecule has 180 valence electrons. The zero-order valence-corrected chi connectivity index (χ0v) is 18.8. The van der Waals surface area contributed by atoms with Gasteiger partial charge in [0.1, 0.15) is 17.4 Å². The number of amides is 2. The van der Waals surface area contributed by atoms with Crippen molar-refractivity contribution in [3.63, 3.8) is 0 Å². The van der Waals surface area contributed by atoms with Crippen LogP contribution in [0.4, 0.5) is 30.6 Å². The van der Waals surface area contributed by atoms with E-state index in [4.69, 9.17) is 0 Å². The second kappa shape index (κ2) is 8.10. The molecule has 3 aliphatic heterocycles. The summed E-state index contributed by atoms with van der Waals surface area (Å²) in [5.41, 5.74) is 0.689. The predicted molar refractivity (Wildman–Crippen MR) is 118 cm³/mol. The van der Waals surface area contributed by atoms with E-state index >= 15 is 0 Å². The summed E-state index contributed by atoms with van der Waals surface area (Å²) in [6.07, 6.45) is -1.35. The Bertz CT molecular complexity index is 1140. The fourth-order valence-electron chi connectivity index (χ4n) is 4.68. The number of carbonyl (C=O) groups excluding carboxylic acids is 2. The Labute approximate surface area is 194 Å². The van der Waals surface area contributed by atoms with Crippen molar-refractivity contribution in [1.82, 2.24) is 19.9 Å². The third-order valence-electron chi connectivity index (χ3n) is 6.65. The molecular formula is C22H24F3N7O2. The summed E-state index contributed by atoms with van der Waals surface area (Å²) in [5, 5.41) is 3.31. The van der Waals surface area contributed by atoms with Gasteiger partial charge in [-0.1, -0.05) is 0 Å². The minimum atomic E-state index is -4.55. The molecule has 9 nitrogen and oxygen atoms in total. The van der Waals surface area contributed by atoms with Gasteiger partial charge in [0.05, 0.1) is 11.3 Å². The fourth-order valence-corrected chi connectivity index (χ4v) is 4.68. The van der Waals surface area contributed by atoms with Gasteiger partial charge in [-0.15, -0.1) is 0 Å². The third kappa shape index (κ3) is 3.80. The summed E-state index contributed by atoms with van der Waals surface area (Å²) in [6.45, 7) is 3.33. The number of rotatable bonds is 3. The smallest absolute Gasteiger partial charge is 0.350 e. The molecule has 2 amide bonds. The lowest BCUT2D eigenvalue weighted by atomic mass is 10.0. The van der Waals surface area contributed by atoms with Crippen LogP contribution in [0.15, 0.2) is 18.3 Å². The van der Waals surface area contributed by atoms with Crippen LogP contribution in [-0.4, -0.2) is 70.4 Å². The summed E-state index contributed by atoms with van der Waals surface area (Å²) in [4.78, 5) is 43.4. The molecule has 2 aromatic heterocycles. The van der Waals surface area contributed by atoms with Crippen molar-refractivity contribution >= 4 is 29.3 Å². The number of hydrogen-bond donors (Lipinski definition) is 1. The fraction of sp³-hybridized carbons (Fsp3) is 0.500. The molecule has 0 unspecified atom stereocenters. The van der Waals surface area contributed by atoms with E-state index in [-0.39, 0.29) is 29.5 Å². The molecule has 0 bridgehead atoms. The molecule has 0 spiro atoms. The Kier molecular flexibility index (Phi) is 5.33. The van der Waals surface area contributed by atoms with E-state index in [2.05, 4.69) is 20.3 Å². The van der Waals surface area contributed by atoms with Gasteiger partial charge >= 0.3 is 6.18 Å². The molecule has 5 rings (SSSR count). The summed E-state index contributed by atoms with van der Waals surface area (Å²) >= 11 is 0. The molecule has 1 N–H and O–H groups in total. The molecule has 1 fully saturated rings. The van der Waals surface area contributed by atoms with Crippen molar-refractivity contribution in [3.8, 4) is 0 Å². The first kappa shape index (κ1) is 22.4. The van der Waals surface area contributed by atoms with Crippen LogP contribution in [0.2, 0.25) is 0 Å². The van der Waals surface area contributed by atoms with Gasteiger partial charge in [-0.3, -0.25) is 14.6 Å². The van der Waals surface area contributed by atoms with Crippen molar-refractivity contribution in [2.75, 3.05) is 41.8 Å². The van der Waals surface area contributed by atoms with E-state index in [1.807, 2.05) is 18.9 Å². The van der Waals surface area contributed by atoms with Crippen LogP contribution >= 0.6 is 0 Å². The predicted octanol–water partition coefficient (Wildman–Crippen LogP) is 2.33. The van der Waals surface area contributed by atoms with E-state index in [1.165, 1.54) is 0 Å². The van der Waals surface area contributed by atoms with Gasteiger partial charge in [0.25, 0.3) is 5.91 Å². The first-order valence-corrected chi connectivity index (χ1v) is 11.2. The summed E-state index contributed by atoms with van der Waals surface area (Å²) in [5.74, 6) is 0.832. The highest BCUT2D eigenvalue weighted by Crippen LogP contribution is 2.39. The number of alkyl halides is 3. The molecule has 12 heteroatoms. The molecular weight excluding hydrogens is 451 g/mol. The standard InChI is InChI=1S/C22H24F3N7O2/c1-12-19(33)32-8-3-4-15-17(32)18(30(12)2)29-21(28-15)27-14-7-9-31(11-14)20(34)13-5-6-16(26-10-13)22(23,24)25/h5-6,10,12,14H,3-4,7-9,11H2,1-2H3,(H,27,28,29)/t12-,14+/m0/s1. The SMILES string of the molecule is C[C@H]1C(=O)N2CCCc3nc(N[C@@H]4CCN(C(=O)c5ccc(C(F)(F)F)nc5)C4)nc(c32)N1C. The van der Waals surface area contributed by atoms with Crippen molar-refractivity contribution in [2.24, 2.45) is 0 Å². The van der Waals surface area contributed by atoms with Crippen LogP contribution in [0.25, 0.3) is 0 Å². The third-order valence-corrected chi connectivity index (χ3v) is 6.65. The number of likely N-dealkylation sites (tertiary alicyclic amines) is 1. The molecule has 0 aromatic carbocycles. The molecule has 5 heterocycles. The second-order valence-electron chi connectivity index (χ2n) is 8.86. The van der Waals surface area contributed by atoms with Crippen LogP contribution in [-0.2, 0) is 17.4 Å². The van der Waals surface area contributed by atoms with Crippen LogP contribution in [0.5, 0.6) is 0 Å². The lowest BCUT2D eigenvalue weighted by Crippen LogP contribution is -2.53. The van der Waals surface area contributed by atoms with Crippen molar-refractivity contribution < 1.29 is 22.8 Å². The van der Waals surface area contributed by atoms with Crippen molar-refractivity contribution in [2.45, 2.75) is 44.4 Å². The highest BCUT2D eigenvalue weighted by molar-refractivity contribution is 6.05. The van der Waals surface area contributed by atoms with Gasteiger partial charge in [0, 0.05) is 38.9 Å². The molecule has 3 aliphatic rings.